The van der Waals surface area contributed by atoms with Crippen molar-refractivity contribution >= 4 is 5.97 Å². The van der Waals surface area contributed by atoms with Crippen molar-refractivity contribution in [3.8, 4) is 5.75 Å². The van der Waals surface area contributed by atoms with Gasteiger partial charge in [-0.2, -0.15) is 0 Å². The number of pyridine rings is 1. The Labute approximate surface area is 172 Å². The summed E-state index contributed by atoms with van der Waals surface area (Å²) < 4.78 is 10.9. The summed E-state index contributed by atoms with van der Waals surface area (Å²) >= 11 is 0. The van der Waals surface area contributed by atoms with Crippen LogP contribution in [0.4, 0.5) is 0 Å². The van der Waals surface area contributed by atoms with Gasteiger partial charge in [0.1, 0.15) is 12.4 Å². The van der Waals surface area contributed by atoms with Gasteiger partial charge >= 0.3 is 5.97 Å². The molecule has 1 aromatic heterocycles. The van der Waals surface area contributed by atoms with E-state index < -0.39 is 0 Å². The van der Waals surface area contributed by atoms with Crippen molar-refractivity contribution in [2.45, 2.75) is 33.3 Å². The molecule has 0 aliphatic rings. The van der Waals surface area contributed by atoms with Gasteiger partial charge in [0.05, 0.1) is 17.9 Å². The fraction of sp³-hybridized carbons (Fsp3) is 0.280. The molecule has 0 fully saturated rings. The van der Waals surface area contributed by atoms with Gasteiger partial charge < -0.3 is 9.47 Å². The molecule has 2 aromatic carbocycles. The van der Waals surface area contributed by atoms with Crippen molar-refractivity contribution in [3.63, 3.8) is 0 Å². The van der Waals surface area contributed by atoms with Crippen molar-refractivity contribution < 1.29 is 14.3 Å². The Kier molecular flexibility index (Phi) is 7.01. The molecule has 0 aliphatic heterocycles. The number of esters is 1. The molecule has 1 heterocycles. The first-order valence-corrected chi connectivity index (χ1v) is 9.98. The first-order chi connectivity index (χ1) is 14.1. The average molecular weight is 389 g/mol. The molecule has 0 N–H and O–H groups in total. The number of carbonyl (C=O) groups is 1. The molecule has 0 saturated heterocycles. The van der Waals surface area contributed by atoms with E-state index in [1.807, 2.05) is 61.5 Å². The van der Waals surface area contributed by atoms with E-state index in [2.05, 4.69) is 31.0 Å². The number of rotatable bonds is 8. The van der Waals surface area contributed by atoms with Gasteiger partial charge in [0, 0.05) is 12.1 Å². The van der Waals surface area contributed by atoms with Crippen molar-refractivity contribution in [2.75, 3.05) is 6.61 Å². The molecule has 4 nitrogen and oxygen atoms in total. The van der Waals surface area contributed by atoms with E-state index >= 15 is 0 Å². The lowest BCUT2D eigenvalue weighted by Crippen LogP contribution is -2.10. The summed E-state index contributed by atoms with van der Waals surface area (Å²) in [5.41, 5.74) is 3.87. The van der Waals surface area contributed by atoms with Gasteiger partial charge in [-0.25, -0.2) is 4.79 Å². The summed E-state index contributed by atoms with van der Waals surface area (Å²) in [6, 6.07) is 21.7. The van der Waals surface area contributed by atoms with Gasteiger partial charge in [0.25, 0.3) is 0 Å². The molecular formula is C25H27NO3. The van der Waals surface area contributed by atoms with Crippen LogP contribution in [0.3, 0.4) is 0 Å². The summed E-state index contributed by atoms with van der Waals surface area (Å²) in [6.45, 7) is 7.04. The molecule has 0 saturated carbocycles. The molecule has 29 heavy (non-hydrogen) atoms. The second kappa shape index (κ2) is 9.87. The fourth-order valence-corrected chi connectivity index (χ4v) is 3.42. The molecule has 0 amide bonds. The van der Waals surface area contributed by atoms with Crippen molar-refractivity contribution in [2.24, 2.45) is 5.92 Å². The van der Waals surface area contributed by atoms with Crippen LogP contribution in [0.1, 0.15) is 53.9 Å². The second-order valence-electron chi connectivity index (χ2n) is 7.24. The molecule has 1 atom stereocenters. The van der Waals surface area contributed by atoms with Gasteiger partial charge in [-0.3, -0.25) is 4.98 Å². The highest BCUT2D eigenvalue weighted by atomic mass is 16.5. The number of ether oxygens (including phenoxy) is 2. The zero-order valence-electron chi connectivity index (χ0n) is 17.2. The highest BCUT2D eigenvalue weighted by molar-refractivity contribution is 5.89. The van der Waals surface area contributed by atoms with Gasteiger partial charge in [-0.15, -0.1) is 0 Å². The highest BCUT2D eigenvalue weighted by Gasteiger charge is 2.19. The Morgan fingerprint density at radius 1 is 0.931 bits per heavy atom. The Morgan fingerprint density at radius 3 is 2.14 bits per heavy atom. The number of hydrogen-bond acceptors (Lipinski definition) is 4. The lowest BCUT2D eigenvalue weighted by atomic mass is 9.82. The number of nitrogens with zero attached hydrogens (tertiary/aromatic N) is 1. The third-order valence-corrected chi connectivity index (χ3v) is 4.80. The lowest BCUT2D eigenvalue weighted by molar-refractivity contribution is 0.0526. The first-order valence-electron chi connectivity index (χ1n) is 9.98. The molecule has 0 bridgehead atoms. The van der Waals surface area contributed by atoms with E-state index in [4.69, 9.17) is 9.47 Å². The van der Waals surface area contributed by atoms with Crippen molar-refractivity contribution in [1.82, 2.24) is 4.98 Å². The average Bonchev–Trinajstić information content (AvgIpc) is 2.74. The molecule has 0 aliphatic carbocycles. The Morgan fingerprint density at radius 2 is 1.59 bits per heavy atom. The predicted molar refractivity (Wildman–Crippen MR) is 114 cm³/mol. The van der Waals surface area contributed by atoms with Crippen LogP contribution < -0.4 is 4.74 Å². The predicted octanol–water partition coefficient (Wildman–Crippen LogP) is 5.63. The maximum absolute atomic E-state index is 11.9. The Balaban J connectivity index is 1.72. The van der Waals surface area contributed by atoms with Crippen LogP contribution in [0.15, 0.2) is 72.9 Å². The summed E-state index contributed by atoms with van der Waals surface area (Å²) in [5.74, 6) is 1.17. The summed E-state index contributed by atoms with van der Waals surface area (Å²) in [7, 11) is 0. The number of benzene rings is 2. The fourth-order valence-electron chi connectivity index (χ4n) is 3.42. The standard InChI is InChI=1S/C25H27NO3/c1-4-28-25(27)21-10-8-19(9-11-21)24(18(2)3)20-12-14-23(15-13-20)29-17-22-7-5-6-16-26-22/h5-16,18,24H,4,17H2,1-3H3. The molecule has 4 heteroatoms. The third kappa shape index (κ3) is 5.44. The van der Waals surface area contributed by atoms with Crippen molar-refractivity contribution in [1.29, 1.82) is 0 Å². The minimum Gasteiger partial charge on any atom is -0.487 e. The van der Waals surface area contributed by atoms with Crippen LogP contribution in [-0.2, 0) is 11.3 Å². The first kappa shape index (κ1) is 20.6. The molecular weight excluding hydrogens is 362 g/mol. The molecule has 0 radical (unpaired) electrons. The van der Waals surface area contributed by atoms with Crippen molar-refractivity contribution in [3.05, 3.63) is 95.3 Å². The Hall–Kier alpha value is -3.14. The van der Waals surface area contributed by atoms with E-state index in [0.29, 0.717) is 24.7 Å². The summed E-state index contributed by atoms with van der Waals surface area (Å²) in [4.78, 5) is 16.2. The maximum Gasteiger partial charge on any atom is 0.338 e. The number of aromatic nitrogens is 1. The minimum absolute atomic E-state index is 0.232. The zero-order chi connectivity index (χ0) is 20.6. The monoisotopic (exact) mass is 389 g/mol. The quantitative estimate of drug-likeness (QED) is 0.469. The van der Waals surface area contributed by atoms with Gasteiger partial charge in [0.2, 0.25) is 0 Å². The highest BCUT2D eigenvalue weighted by Crippen LogP contribution is 2.33. The van der Waals surface area contributed by atoms with E-state index in [1.54, 1.807) is 6.20 Å². The van der Waals surface area contributed by atoms with Crippen LogP contribution in [-0.4, -0.2) is 17.6 Å². The van der Waals surface area contributed by atoms with Gasteiger partial charge in [0.15, 0.2) is 0 Å². The second-order valence-corrected chi connectivity index (χ2v) is 7.24. The Bertz CT molecular complexity index is 903. The molecule has 3 rings (SSSR count). The van der Waals surface area contributed by atoms with Crippen LogP contribution in [0.25, 0.3) is 0 Å². The van der Waals surface area contributed by atoms with Crippen LogP contribution in [0, 0.1) is 5.92 Å². The van der Waals surface area contributed by atoms with Crippen LogP contribution in [0.2, 0.25) is 0 Å². The van der Waals surface area contributed by atoms with Gasteiger partial charge in [-0.1, -0.05) is 44.2 Å². The van der Waals surface area contributed by atoms with E-state index in [0.717, 1.165) is 11.4 Å². The lowest BCUT2D eigenvalue weighted by Gasteiger charge is -2.22. The van der Waals surface area contributed by atoms with E-state index in [9.17, 15) is 4.79 Å². The van der Waals surface area contributed by atoms with E-state index in [-0.39, 0.29) is 11.9 Å². The largest absolute Gasteiger partial charge is 0.487 e. The molecule has 1 unspecified atom stereocenters. The molecule has 0 spiro atoms. The summed E-state index contributed by atoms with van der Waals surface area (Å²) in [6.07, 6.45) is 1.77. The van der Waals surface area contributed by atoms with E-state index in [1.165, 1.54) is 11.1 Å². The third-order valence-electron chi connectivity index (χ3n) is 4.80. The topological polar surface area (TPSA) is 48.4 Å². The molecule has 3 aromatic rings. The molecule has 150 valence electrons. The minimum atomic E-state index is -0.283. The van der Waals surface area contributed by atoms with Crippen LogP contribution in [0.5, 0.6) is 5.75 Å². The number of hydrogen-bond donors (Lipinski definition) is 0. The normalized spacial score (nSPS) is 11.9. The smallest absolute Gasteiger partial charge is 0.338 e. The SMILES string of the molecule is CCOC(=O)c1ccc(C(c2ccc(OCc3ccccn3)cc2)C(C)C)cc1. The maximum atomic E-state index is 11.9. The zero-order valence-corrected chi connectivity index (χ0v) is 17.2. The summed E-state index contributed by atoms with van der Waals surface area (Å²) in [5, 5.41) is 0. The van der Waals surface area contributed by atoms with Crippen LogP contribution >= 0.6 is 0 Å². The number of carbonyl (C=O) groups excluding carboxylic acids is 1. The van der Waals surface area contributed by atoms with Gasteiger partial charge in [-0.05, 0) is 60.4 Å².